The lowest BCUT2D eigenvalue weighted by Gasteiger charge is -2.21. The molecule has 1 rings (SSSR count). The van der Waals surface area contributed by atoms with Gasteiger partial charge in [0.25, 0.3) is 0 Å². The average molecular weight is 311 g/mol. The van der Waals surface area contributed by atoms with Gasteiger partial charge >= 0.3 is 6.18 Å². The van der Waals surface area contributed by atoms with Crippen molar-refractivity contribution < 1.29 is 26.7 Å². The van der Waals surface area contributed by atoms with E-state index in [0.717, 1.165) is 0 Å². The van der Waals surface area contributed by atoms with Gasteiger partial charge < -0.3 is 5.11 Å². The lowest BCUT2D eigenvalue weighted by molar-refractivity contribution is -0.135. The largest absolute Gasteiger partial charge is 0.402 e. The van der Waals surface area contributed by atoms with E-state index in [1.807, 2.05) is 0 Å². The molecule has 0 unspecified atom stereocenters. The molecule has 0 heterocycles. The molecule has 0 aliphatic rings. The lowest BCUT2D eigenvalue weighted by atomic mass is 10.2. The molecule has 0 aliphatic heterocycles. The van der Waals surface area contributed by atoms with Gasteiger partial charge in [-0.05, 0) is 11.1 Å². The summed E-state index contributed by atoms with van der Waals surface area (Å²) >= 11 is 0. The topological polar surface area (TPSA) is 57.6 Å². The molecular weight excluding hydrogens is 295 g/mol. The average Bonchev–Trinajstić information content (AvgIpc) is 2.35. The first kappa shape index (κ1) is 16.9. The molecule has 20 heavy (non-hydrogen) atoms. The van der Waals surface area contributed by atoms with Crippen LogP contribution in [0, 0.1) is 0 Å². The van der Waals surface area contributed by atoms with E-state index in [9.17, 15) is 21.6 Å². The van der Waals surface area contributed by atoms with Crippen LogP contribution >= 0.6 is 0 Å². The predicted molar refractivity (Wildman–Crippen MR) is 68.3 cm³/mol. The van der Waals surface area contributed by atoms with E-state index in [-0.39, 0.29) is 13.2 Å². The first-order chi connectivity index (χ1) is 9.18. The van der Waals surface area contributed by atoms with Crippen LogP contribution in [0.3, 0.4) is 0 Å². The number of sulfonamides is 1. The molecule has 4 nitrogen and oxygen atoms in total. The van der Waals surface area contributed by atoms with Crippen LogP contribution in [0.2, 0.25) is 0 Å². The van der Waals surface area contributed by atoms with E-state index in [2.05, 4.69) is 0 Å². The molecule has 114 valence electrons. The summed E-state index contributed by atoms with van der Waals surface area (Å²) in [6, 6.07) is 6.02. The van der Waals surface area contributed by atoms with Crippen molar-refractivity contribution in [3.05, 3.63) is 35.4 Å². The number of alkyl halides is 3. The maximum atomic E-state index is 12.3. The zero-order valence-electron chi connectivity index (χ0n) is 10.9. The molecule has 0 aromatic heterocycles. The van der Waals surface area contributed by atoms with Crippen LogP contribution in [-0.2, 0) is 22.4 Å². The summed E-state index contributed by atoms with van der Waals surface area (Å²) in [7, 11) is -4.03. The SMILES string of the molecule is CCN(CC(F)(F)F)S(=O)(=O)Cc1ccc(CO)cc1. The molecule has 8 heteroatoms. The molecule has 1 N–H and O–H groups in total. The summed E-state index contributed by atoms with van der Waals surface area (Å²) in [6.07, 6.45) is -4.57. The number of hydrogen-bond acceptors (Lipinski definition) is 3. The Balaban J connectivity index is 2.86. The highest BCUT2D eigenvalue weighted by molar-refractivity contribution is 7.88. The molecule has 1 aromatic carbocycles. The van der Waals surface area contributed by atoms with Crippen LogP contribution in [0.1, 0.15) is 18.1 Å². The molecule has 0 spiro atoms. The van der Waals surface area contributed by atoms with Crippen LogP contribution in [0.5, 0.6) is 0 Å². The minimum Gasteiger partial charge on any atom is -0.392 e. The van der Waals surface area contributed by atoms with Crippen molar-refractivity contribution in [1.29, 1.82) is 0 Å². The number of rotatable bonds is 6. The predicted octanol–water partition coefficient (Wildman–Crippen LogP) is 1.89. The van der Waals surface area contributed by atoms with Gasteiger partial charge in [-0.3, -0.25) is 0 Å². The van der Waals surface area contributed by atoms with Crippen LogP contribution < -0.4 is 0 Å². The number of aliphatic hydroxyl groups excluding tert-OH is 1. The molecular formula is C12H16F3NO3S. The third-order valence-electron chi connectivity index (χ3n) is 2.66. The second-order valence-electron chi connectivity index (χ2n) is 4.27. The normalized spacial score (nSPS) is 12.9. The van der Waals surface area contributed by atoms with Gasteiger partial charge in [0.2, 0.25) is 10.0 Å². The number of hydrogen-bond donors (Lipinski definition) is 1. The van der Waals surface area contributed by atoms with Crippen LogP contribution in [0.15, 0.2) is 24.3 Å². The Hall–Kier alpha value is -1.12. The first-order valence-electron chi connectivity index (χ1n) is 5.91. The van der Waals surface area contributed by atoms with Crippen molar-refractivity contribution >= 4 is 10.0 Å². The molecule has 0 aliphatic carbocycles. The minimum atomic E-state index is -4.57. The summed E-state index contributed by atoms with van der Waals surface area (Å²) in [6.45, 7) is -0.544. The van der Waals surface area contributed by atoms with Gasteiger partial charge in [-0.15, -0.1) is 0 Å². The van der Waals surface area contributed by atoms with Crippen molar-refractivity contribution in [2.75, 3.05) is 13.1 Å². The minimum absolute atomic E-state index is 0.178. The second kappa shape index (κ2) is 6.55. The fraction of sp³-hybridized carbons (Fsp3) is 0.500. The number of benzene rings is 1. The van der Waals surface area contributed by atoms with Crippen molar-refractivity contribution in [2.24, 2.45) is 0 Å². The van der Waals surface area contributed by atoms with Gasteiger partial charge in [-0.2, -0.15) is 17.5 Å². The Morgan fingerprint density at radius 1 is 1.15 bits per heavy atom. The Morgan fingerprint density at radius 2 is 1.65 bits per heavy atom. The second-order valence-corrected chi connectivity index (χ2v) is 6.24. The van der Waals surface area contributed by atoms with Crippen LogP contribution in [0.25, 0.3) is 0 Å². The van der Waals surface area contributed by atoms with E-state index in [1.54, 1.807) is 0 Å². The van der Waals surface area contributed by atoms with E-state index in [0.29, 0.717) is 15.4 Å². The molecule has 0 saturated carbocycles. The monoisotopic (exact) mass is 311 g/mol. The summed E-state index contributed by atoms with van der Waals surface area (Å²) in [5.41, 5.74) is 0.983. The lowest BCUT2D eigenvalue weighted by Crippen LogP contribution is -2.39. The standard InChI is InChI=1S/C12H16F3NO3S/c1-2-16(9-12(13,14)15)20(18,19)8-11-5-3-10(7-17)4-6-11/h3-6,17H,2,7-9H2,1H3. The Morgan fingerprint density at radius 3 is 2.05 bits per heavy atom. The Kier molecular flexibility index (Phi) is 5.55. The van der Waals surface area contributed by atoms with Gasteiger partial charge in [-0.25, -0.2) is 8.42 Å². The van der Waals surface area contributed by atoms with E-state index in [1.165, 1.54) is 31.2 Å². The number of halogens is 3. The molecule has 0 atom stereocenters. The van der Waals surface area contributed by atoms with Crippen LogP contribution in [0.4, 0.5) is 13.2 Å². The summed E-state index contributed by atoms with van der Waals surface area (Å²) in [5, 5.41) is 8.86. The van der Waals surface area contributed by atoms with Crippen molar-refractivity contribution in [1.82, 2.24) is 4.31 Å². The maximum absolute atomic E-state index is 12.3. The highest BCUT2D eigenvalue weighted by Gasteiger charge is 2.35. The van der Waals surface area contributed by atoms with Gasteiger partial charge in [0.05, 0.1) is 12.4 Å². The van der Waals surface area contributed by atoms with Gasteiger partial charge in [-0.1, -0.05) is 31.2 Å². The third-order valence-corrected chi connectivity index (χ3v) is 4.53. The quantitative estimate of drug-likeness (QED) is 0.873. The van der Waals surface area contributed by atoms with Gasteiger partial charge in [0, 0.05) is 6.54 Å². The fourth-order valence-corrected chi connectivity index (χ4v) is 3.18. The third kappa shape index (κ3) is 5.10. The Bertz CT molecular complexity index is 526. The summed E-state index contributed by atoms with van der Waals surface area (Å²) < 4.78 is 61.3. The van der Waals surface area contributed by atoms with E-state index < -0.39 is 28.5 Å². The summed E-state index contributed by atoms with van der Waals surface area (Å²) in [4.78, 5) is 0. The first-order valence-corrected chi connectivity index (χ1v) is 7.52. The number of aliphatic hydroxyl groups is 1. The molecule has 0 saturated heterocycles. The molecule has 0 amide bonds. The molecule has 1 aromatic rings. The van der Waals surface area contributed by atoms with Crippen molar-refractivity contribution in [2.45, 2.75) is 25.5 Å². The molecule has 0 bridgehead atoms. The maximum Gasteiger partial charge on any atom is 0.402 e. The highest BCUT2D eigenvalue weighted by atomic mass is 32.2. The van der Waals surface area contributed by atoms with Gasteiger partial charge in [0.1, 0.15) is 6.54 Å². The summed E-state index contributed by atoms with van der Waals surface area (Å²) in [5.74, 6) is -0.497. The number of nitrogens with zero attached hydrogens (tertiary/aromatic N) is 1. The zero-order valence-corrected chi connectivity index (χ0v) is 11.7. The van der Waals surface area contributed by atoms with E-state index >= 15 is 0 Å². The molecule has 0 fully saturated rings. The van der Waals surface area contributed by atoms with Crippen molar-refractivity contribution in [3.63, 3.8) is 0 Å². The Labute approximate surface area is 115 Å². The highest BCUT2D eigenvalue weighted by Crippen LogP contribution is 2.20. The van der Waals surface area contributed by atoms with E-state index in [4.69, 9.17) is 5.11 Å². The van der Waals surface area contributed by atoms with Crippen LogP contribution in [-0.4, -0.2) is 37.1 Å². The smallest absolute Gasteiger partial charge is 0.392 e. The van der Waals surface area contributed by atoms with Crippen molar-refractivity contribution in [3.8, 4) is 0 Å². The van der Waals surface area contributed by atoms with Gasteiger partial charge in [0.15, 0.2) is 0 Å². The fourth-order valence-electron chi connectivity index (χ4n) is 1.65. The zero-order chi connectivity index (χ0) is 15.4. The molecule has 0 radical (unpaired) electrons.